The van der Waals surface area contributed by atoms with Gasteiger partial charge in [-0.3, -0.25) is 9.59 Å². The largest absolute Gasteiger partial charge is 0.452 e. The molecule has 6 nitrogen and oxygen atoms in total. The summed E-state index contributed by atoms with van der Waals surface area (Å²) < 4.78 is 4.93. The first-order valence-corrected chi connectivity index (χ1v) is 9.68. The summed E-state index contributed by atoms with van der Waals surface area (Å²) in [5.41, 5.74) is 1.19. The molecule has 0 bridgehead atoms. The molecular weight excluding hydrogens is 415 g/mol. The molecule has 2 aromatic carbocycles. The number of halogens is 2. The highest BCUT2D eigenvalue weighted by atomic mass is 35.5. The van der Waals surface area contributed by atoms with Crippen LogP contribution in [0, 0.1) is 0 Å². The van der Waals surface area contributed by atoms with E-state index in [1.807, 2.05) is 0 Å². The van der Waals surface area contributed by atoms with Gasteiger partial charge in [-0.2, -0.15) is 0 Å². The van der Waals surface area contributed by atoms with Gasteiger partial charge in [-0.25, -0.2) is 4.79 Å². The maximum atomic E-state index is 12.3. The molecule has 0 radical (unpaired) electrons. The smallest absolute Gasteiger partial charge is 0.331 e. The van der Waals surface area contributed by atoms with Crippen molar-refractivity contribution >= 4 is 52.7 Å². The zero-order chi connectivity index (χ0) is 20.8. The molecule has 0 unspecified atom stereocenters. The molecule has 0 aliphatic heterocycles. The molecule has 1 aliphatic carbocycles. The van der Waals surface area contributed by atoms with Gasteiger partial charge in [0.1, 0.15) is 0 Å². The molecule has 3 rings (SSSR count). The SMILES string of the molecule is O=C(COC(=O)/C=C/c1c(Cl)cccc1Cl)Nc1ccccc1C(=O)NC1CC1. The zero-order valence-corrected chi connectivity index (χ0v) is 16.8. The average Bonchev–Trinajstić information content (AvgIpc) is 3.50. The lowest BCUT2D eigenvalue weighted by Gasteiger charge is -2.11. The standard InChI is InChI=1S/C21H18Cl2N2O4/c22-16-5-3-6-17(23)14(16)10-11-20(27)29-12-19(26)25-18-7-2-1-4-15(18)21(28)24-13-8-9-13/h1-7,10-11,13H,8-9,12H2,(H,24,28)(H,25,26)/b11-10+. The van der Waals surface area contributed by atoms with E-state index in [-0.39, 0.29) is 11.9 Å². The van der Waals surface area contributed by atoms with Crippen molar-refractivity contribution < 1.29 is 19.1 Å². The summed E-state index contributed by atoms with van der Waals surface area (Å²) in [5, 5.41) is 6.24. The van der Waals surface area contributed by atoms with Crippen LogP contribution in [-0.4, -0.2) is 30.4 Å². The minimum atomic E-state index is -0.726. The van der Waals surface area contributed by atoms with Gasteiger partial charge in [-0.15, -0.1) is 0 Å². The van der Waals surface area contributed by atoms with Gasteiger partial charge in [0.15, 0.2) is 6.61 Å². The van der Waals surface area contributed by atoms with E-state index >= 15 is 0 Å². The van der Waals surface area contributed by atoms with Crippen molar-refractivity contribution in [2.24, 2.45) is 0 Å². The number of carbonyl (C=O) groups excluding carboxylic acids is 3. The van der Waals surface area contributed by atoms with Gasteiger partial charge in [0.25, 0.3) is 11.8 Å². The van der Waals surface area contributed by atoms with Crippen LogP contribution in [0.4, 0.5) is 5.69 Å². The third kappa shape index (κ3) is 6.07. The number of nitrogens with one attached hydrogen (secondary N) is 2. The van der Waals surface area contributed by atoms with Crippen molar-refractivity contribution in [2.45, 2.75) is 18.9 Å². The van der Waals surface area contributed by atoms with Crippen molar-refractivity contribution in [3.8, 4) is 0 Å². The quantitative estimate of drug-likeness (QED) is 0.509. The van der Waals surface area contributed by atoms with Crippen LogP contribution in [0.3, 0.4) is 0 Å². The van der Waals surface area contributed by atoms with Gasteiger partial charge < -0.3 is 15.4 Å². The first-order valence-electron chi connectivity index (χ1n) is 8.92. The monoisotopic (exact) mass is 432 g/mol. The van der Waals surface area contributed by atoms with Crippen molar-refractivity contribution in [1.82, 2.24) is 5.32 Å². The van der Waals surface area contributed by atoms with Crippen molar-refractivity contribution in [1.29, 1.82) is 0 Å². The van der Waals surface area contributed by atoms with E-state index in [9.17, 15) is 14.4 Å². The number of benzene rings is 2. The Morgan fingerprint density at radius 1 is 1.03 bits per heavy atom. The van der Waals surface area contributed by atoms with Crippen LogP contribution in [0.25, 0.3) is 6.08 Å². The highest BCUT2D eigenvalue weighted by Crippen LogP contribution is 2.25. The maximum absolute atomic E-state index is 12.3. The minimum Gasteiger partial charge on any atom is -0.452 e. The molecular formula is C21H18Cl2N2O4. The van der Waals surface area contributed by atoms with Crippen LogP contribution < -0.4 is 10.6 Å². The number of rotatable bonds is 7. The van der Waals surface area contributed by atoms with E-state index in [0.29, 0.717) is 26.9 Å². The number of amides is 2. The molecule has 29 heavy (non-hydrogen) atoms. The molecule has 1 fully saturated rings. The van der Waals surface area contributed by atoms with E-state index in [1.54, 1.807) is 42.5 Å². The molecule has 1 aliphatic rings. The number of esters is 1. The normalized spacial score (nSPS) is 13.2. The fraction of sp³-hybridized carbons (Fsp3) is 0.190. The Morgan fingerprint density at radius 2 is 1.72 bits per heavy atom. The first kappa shape index (κ1) is 20.9. The van der Waals surface area contributed by atoms with Crippen LogP contribution >= 0.6 is 23.2 Å². The maximum Gasteiger partial charge on any atom is 0.331 e. The fourth-order valence-electron chi connectivity index (χ4n) is 2.47. The van der Waals surface area contributed by atoms with E-state index in [4.69, 9.17) is 27.9 Å². The van der Waals surface area contributed by atoms with Crippen LogP contribution in [0.5, 0.6) is 0 Å². The summed E-state index contributed by atoms with van der Waals surface area (Å²) in [6, 6.07) is 11.8. The second-order valence-electron chi connectivity index (χ2n) is 6.42. The van der Waals surface area contributed by atoms with Crippen molar-refractivity contribution in [3.05, 3.63) is 69.7 Å². The molecule has 2 amide bonds. The Labute approximate surface area is 177 Å². The van der Waals surface area contributed by atoms with Gasteiger partial charge in [-0.1, -0.05) is 41.4 Å². The first-order chi connectivity index (χ1) is 13.9. The minimum absolute atomic E-state index is 0.200. The van der Waals surface area contributed by atoms with Gasteiger partial charge in [0.2, 0.25) is 0 Å². The van der Waals surface area contributed by atoms with Crippen molar-refractivity contribution in [3.63, 3.8) is 0 Å². The summed E-state index contributed by atoms with van der Waals surface area (Å²) in [6.07, 6.45) is 4.48. The summed E-state index contributed by atoms with van der Waals surface area (Å²) in [7, 11) is 0. The topological polar surface area (TPSA) is 84.5 Å². The summed E-state index contributed by atoms with van der Waals surface area (Å²) in [5.74, 6) is -1.54. The highest BCUT2D eigenvalue weighted by Gasteiger charge is 2.25. The molecule has 0 heterocycles. The highest BCUT2D eigenvalue weighted by molar-refractivity contribution is 6.37. The van der Waals surface area contributed by atoms with Crippen LogP contribution in [0.15, 0.2) is 48.5 Å². The Kier molecular flexibility index (Phi) is 6.90. The number of para-hydroxylation sites is 1. The lowest BCUT2D eigenvalue weighted by atomic mass is 10.1. The summed E-state index contributed by atoms with van der Waals surface area (Å²) >= 11 is 12.0. The third-order valence-corrected chi connectivity index (χ3v) is 4.75. The van der Waals surface area contributed by atoms with Crippen LogP contribution in [0.1, 0.15) is 28.8 Å². The molecule has 0 aromatic heterocycles. The van der Waals surface area contributed by atoms with Crippen molar-refractivity contribution in [2.75, 3.05) is 11.9 Å². The zero-order valence-electron chi connectivity index (χ0n) is 15.3. The Hall–Kier alpha value is -2.83. The number of ether oxygens (including phenoxy) is 1. The average molecular weight is 433 g/mol. The Morgan fingerprint density at radius 3 is 2.41 bits per heavy atom. The molecule has 0 saturated heterocycles. The molecule has 2 aromatic rings. The molecule has 8 heteroatoms. The van der Waals surface area contributed by atoms with Crippen LogP contribution in [0.2, 0.25) is 10.0 Å². The number of hydrogen-bond acceptors (Lipinski definition) is 4. The Balaban J connectivity index is 1.54. The summed E-state index contributed by atoms with van der Waals surface area (Å²) in [4.78, 5) is 36.2. The fourth-order valence-corrected chi connectivity index (χ4v) is 3.00. The van der Waals surface area contributed by atoms with E-state index in [1.165, 1.54) is 6.08 Å². The summed E-state index contributed by atoms with van der Waals surface area (Å²) in [6.45, 7) is -0.502. The molecule has 2 N–H and O–H groups in total. The van der Waals surface area contributed by atoms with E-state index in [2.05, 4.69) is 10.6 Å². The lowest BCUT2D eigenvalue weighted by molar-refractivity contribution is -0.142. The van der Waals surface area contributed by atoms with Crippen LogP contribution in [-0.2, 0) is 14.3 Å². The number of anilines is 1. The van der Waals surface area contributed by atoms with E-state index in [0.717, 1.165) is 18.9 Å². The van der Waals surface area contributed by atoms with Gasteiger partial charge >= 0.3 is 5.97 Å². The number of hydrogen-bond donors (Lipinski definition) is 2. The van der Waals surface area contributed by atoms with Gasteiger partial charge in [0, 0.05) is 27.7 Å². The Bertz CT molecular complexity index is 951. The molecule has 1 saturated carbocycles. The van der Waals surface area contributed by atoms with E-state index < -0.39 is 18.5 Å². The second-order valence-corrected chi connectivity index (χ2v) is 7.23. The third-order valence-electron chi connectivity index (χ3n) is 4.09. The molecule has 0 spiro atoms. The van der Waals surface area contributed by atoms with Gasteiger partial charge in [0.05, 0.1) is 11.3 Å². The number of carbonyl (C=O) groups is 3. The molecule has 150 valence electrons. The second kappa shape index (κ2) is 9.58. The lowest BCUT2D eigenvalue weighted by Crippen LogP contribution is -2.27. The predicted octanol–water partition coefficient (Wildman–Crippen LogP) is 4.08. The van der Waals surface area contributed by atoms with Gasteiger partial charge in [-0.05, 0) is 43.2 Å². The molecule has 0 atom stereocenters. The predicted molar refractivity (Wildman–Crippen MR) is 112 cm³/mol.